The van der Waals surface area contributed by atoms with Crippen molar-refractivity contribution in [1.82, 2.24) is 14.7 Å². The maximum absolute atomic E-state index is 12.5. The van der Waals surface area contributed by atoms with Gasteiger partial charge in [0.15, 0.2) is 6.61 Å². The number of halogens is 1. The monoisotopic (exact) mass is 429 g/mol. The third-order valence-electron chi connectivity index (χ3n) is 4.20. The molecule has 0 aliphatic carbocycles. The Morgan fingerprint density at radius 3 is 2.52 bits per heavy atom. The van der Waals surface area contributed by atoms with Gasteiger partial charge in [0.1, 0.15) is 9.71 Å². The quantitative estimate of drug-likeness (QED) is 0.393. The van der Waals surface area contributed by atoms with E-state index in [2.05, 4.69) is 18.3 Å². The van der Waals surface area contributed by atoms with Crippen molar-refractivity contribution in [1.29, 1.82) is 0 Å². The maximum Gasteiger partial charge on any atom is 0.348 e. The zero-order valence-electron chi connectivity index (χ0n) is 15.9. The smallest absolute Gasteiger partial charge is 0.348 e. The van der Waals surface area contributed by atoms with Crippen molar-refractivity contribution in [3.05, 3.63) is 71.2 Å². The summed E-state index contributed by atoms with van der Waals surface area (Å²) in [7, 11) is 0. The minimum Gasteiger partial charge on any atom is -0.451 e. The van der Waals surface area contributed by atoms with E-state index < -0.39 is 5.97 Å². The van der Waals surface area contributed by atoms with Crippen LogP contribution in [0.15, 0.2) is 55.6 Å². The van der Waals surface area contributed by atoms with Crippen LogP contribution < -0.4 is 0 Å². The number of nitrogens with zero attached hydrogens (tertiary/aromatic N) is 3. The summed E-state index contributed by atoms with van der Waals surface area (Å²) in [4.78, 5) is 27.5. The lowest BCUT2D eigenvalue weighted by atomic mass is 10.3. The van der Waals surface area contributed by atoms with Crippen LogP contribution in [-0.2, 0) is 9.53 Å². The molecular weight excluding hydrogens is 410 g/mol. The van der Waals surface area contributed by atoms with Crippen LogP contribution in [0.1, 0.15) is 15.4 Å². The fourth-order valence-corrected chi connectivity index (χ4v) is 3.99. The number of hydrogen-bond acceptors (Lipinski definition) is 5. The number of thiophene rings is 1. The van der Waals surface area contributed by atoms with Gasteiger partial charge in [-0.15, -0.1) is 24.5 Å². The Morgan fingerprint density at radius 1 is 1.24 bits per heavy atom. The van der Waals surface area contributed by atoms with E-state index in [0.29, 0.717) is 23.0 Å². The topological polar surface area (TPSA) is 64.4 Å². The lowest BCUT2D eigenvalue weighted by Gasteiger charge is -2.18. The van der Waals surface area contributed by atoms with Gasteiger partial charge in [0.25, 0.3) is 5.91 Å². The lowest BCUT2D eigenvalue weighted by Crippen LogP contribution is -2.34. The molecule has 0 aliphatic heterocycles. The second kappa shape index (κ2) is 9.07. The first-order chi connectivity index (χ1) is 13.9. The zero-order valence-corrected chi connectivity index (χ0v) is 17.5. The summed E-state index contributed by atoms with van der Waals surface area (Å²) in [5.74, 6) is -0.846. The standard InChI is InChI=1S/C21H20ClN3O3S/c1-4-10-24(11-5-2)19(26)13-28-21(27)18-12-17-14(3)23-25(20(17)29-18)16-8-6-15(22)7-9-16/h4-9,12H,1-2,10-11,13H2,3H3. The lowest BCUT2D eigenvalue weighted by molar-refractivity contribution is -0.133. The molecule has 0 unspecified atom stereocenters. The summed E-state index contributed by atoms with van der Waals surface area (Å²) in [6.07, 6.45) is 3.22. The van der Waals surface area contributed by atoms with Gasteiger partial charge in [-0.1, -0.05) is 23.8 Å². The number of rotatable bonds is 8. The predicted molar refractivity (Wildman–Crippen MR) is 116 cm³/mol. The molecule has 3 rings (SSSR count). The minimum absolute atomic E-state index is 0.303. The molecule has 0 saturated carbocycles. The highest BCUT2D eigenvalue weighted by molar-refractivity contribution is 7.20. The van der Waals surface area contributed by atoms with Crippen LogP contribution in [0, 0.1) is 6.92 Å². The molecule has 150 valence electrons. The van der Waals surface area contributed by atoms with Crippen LogP contribution in [0.4, 0.5) is 0 Å². The molecule has 0 radical (unpaired) electrons. The van der Waals surface area contributed by atoms with Crippen LogP contribution in [-0.4, -0.2) is 46.3 Å². The third kappa shape index (κ3) is 4.58. The van der Waals surface area contributed by atoms with Gasteiger partial charge in [0.2, 0.25) is 0 Å². The van der Waals surface area contributed by atoms with E-state index >= 15 is 0 Å². The number of carbonyl (C=O) groups excluding carboxylic acids is 2. The number of aromatic nitrogens is 2. The molecule has 6 nitrogen and oxygen atoms in total. The number of carbonyl (C=O) groups is 2. The van der Waals surface area contributed by atoms with Crippen LogP contribution >= 0.6 is 22.9 Å². The average molecular weight is 430 g/mol. The molecule has 0 fully saturated rings. The highest BCUT2D eigenvalue weighted by Gasteiger charge is 2.20. The zero-order chi connectivity index (χ0) is 21.0. The van der Waals surface area contributed by atoms with Gasteiger partial charge in [0.05, 0.1) is 11.4 Å². The molecule has 0 bridgehead atoms. The Balaban J connectivity index is 1.78. The van der Waals surface area contributed by atoms with Crippen molar-refractivity contribution >= 4 is 45.0 Å². The largest absolute Gasteiger partial charge is 0.451 e. The first kappa shape index (κ1) is 20.8. The summed E-state index contributed by atoms with van der Waals surface area (Å²) in [6, 6.07) is 9.03. The van der Waals surface area contributed by atoms with E-state index in [1.807, 2.05) is 19.1 Å². The van der Waals surface area contributed by atoms with Gasteiger partial charge in [-0.2, -0.15) is 5.10 Å². The van der Waals surface area contributed by atoms with Gasteiger partial charge < -0.3 is 9.64 Å². The number of amides is 1. The van der Waals surface area contributed by atoms with E-state index in [0.717, 1.165) is 21.6 Å². The SMILES string of the molecule is C=CCN(CC=C)C(=O)COC(=O)c1cc2c(C)nn(-c3ccc(Cl)cc3)c2s1. The minimum atomic E-state index is -0.543. The van der Waals surface area contributed by atoms with E-state index in [9.17, 15) is 9.59 Å². The Hall–Kier alpha value is -2.90. The highest BCUT2D eigenvalue weighted by Crippen LogP contribution is 2.31. The van der Waals surface area contributed by atoms with Gasteiger partial charge in [0, 0.05) is 23.5 Å². The van der Waals surface area contributed by atoms with Crippen molar-refractivity contribution in [2.24, 2.45) is 0 Å². The van der Waals surface area contributed by atoms with Crippen LogP contribution in [0.25, 0.3) is 15.9 Å². The fourth-order valence-electron chi connectivity index (χ4n) is 2.78. The molecule has 0 saturated heterocycles. The Morgan fingerprint density at radius 2 is 1.90 bits per heavy atom. The maximum atomic E-state index is 12.5. The first-order valence-electron chi connectivity index (χ1n) is 8.86. The van der Waals surface area contributed by atoms with Crippen LogP contribution in [0.2, 0.25) is 5.02 Å². The molecule has 1 aromatic carbocycles. The number of fused-ring (bicyclic) bond motifs is 1. The second-order valence-corrected chi connectivity index (χ2v) is 7.72. The van der Waals surface area contributed by atoms with Crippen molar-refractivity contribution in [2.45, 2.75) is 6.92 Å². The molecule has 29 heavy (non-hydrogen) atoms. The Bertz CT molecular complexity index is 1060. The fraction of sp³-hybridized carbons (Fsp3) is 0.190. The van der Waals surface area contributed by atoms with E-state index in [-0.39, 0.29) is 12.5 Å². The molecule has 2 heterocycles. The highest BCUT2D eigenvalue weighted by atomic mass is 35.5. The van der Waals surface area contributed by atoms with Crippen molar-refractivity contribution in [3.8, 4) is 5.69 Å². The van der Waals surface area contributed by atoms with Gasteiger partial charge in [-0.3, -0.25) is 4.79 Å². The van der Waals surface area contributed by atoms with Crippen molar-refractivity contribution in [3.63, 3.8) is 0 Å². The van der Waals surface area contributed by atoms with E-state index in [1.165, 1.54) is 16.2 Å². The molecule has 0 aliphatic rings. The summed E-state index contributed by atoms with van der Waals surface area (Å²) < 4.78 is 7.00. The number of benzene rings is 1. The predicted octanol–water partition coefficient (Wildman–Crippen LogP) is 4.41. The third-order valence-corrected chi connectivity index (χ3v) is 5.54. The summed E-state index contributed by atoms with van der Waals surface area (Å²) in [5.41, 5.74) is 1.64. The second-order valence-electron chi connectivity index (χ2n) is 6.26. The normalized spacial score (nSPS) is 10.7. The number of hydrogen-bond donors (Lipinski definition) is 0. The molecule has 0 spiro atoms. The average Bonchev–Trinajstić information content (AvgIpc) is 3.27. The van der Waals surface area contributed by atoms with Crippen LogP contribution in [0.5, 0.6) is 0 Å². The molecule has 8 heteroatoms. The molecule has 0 atom stereocenters. The van der Waals surface area contributed by atoms with Crippen molar-refractivity contribution in [2.75, 3.05) is 19.7 Å². The molecule has 1 amide bonds. The van der Waals surface area contributed by atoms with Gasteiger partial charge >= 0.3 is 5.97 Å². The number of aryl methyl sites for hydroxylation is 1. The van der Waals surface area contributed by atoms with Crippen LogP contribution in [0.3, 0.4) is 0 Å². The van der Waals surface area contributed by atoms with Gasteiger partial charge in [-0.05, 0) is 37.3 Å². The summed E-state index contributed by atoms with van der Waals surface area (Å²) in [6.45, 7) is 9.51. The van der Waals surface area contributed by atoms with Crippen molar-refractivity contribution < 1.29 is 14.3 Å². The Kier molecular flexibility index (Phi) is 6.51. The molecule has 2 aromatic heterocycles. The number of ether oxygens (including phenoxy) is 1. The summed E-state index contributed by atoms with van der Waals surface area (Å²) in [5, 5.41) is 6.04. The molecule has 3 aromatic rings. The van der Waals surface area contributed by atoms with Gasteiger partial charge in [-0.25, -0.2) is 9.48 Å². The molecular formula is C21H20ClN3O3S. The van der Waals surface area contributed by atoms with E-state index in [4.69, 9.17) is 16.3 Å². The number of esters is 1. The first-order valence-corrected chi connectivity index (χ1v) is 10.1. The summed E-state index contributed by atoms with van der Waals surface area (Å²) >= 11 is 7.23. The van der Waals surface area contributed by atoms with E-state index in [1.54, 1.807) is 35.0 Å². The Labute approximate surface area is 177 Å². The molecule has 0 N–H and O–H groups in total.